The number of hydrogen-bond donors (Lipinski definition) is 0. The van der Waals surface area contributed by atoms with Crippen LogP contribution in [0.5, 0.6) is 5.75 Å². The summed E-state index contributed by atoms with van der Waals surface area (Å²) in [4.78, 5) is 2.42. The van der Waals surface area contributed by atoms with E-state index in [9.17, 15) is 13.2 Å². The van der Waals surface area contributed by atoms with E-state index in [0.29, 0.717) is 12.4 Å². The summed E-state index contributed by atoms with van der Waals surface area (Å²) in [5.41, 5.74) is 2.10. The number of likely N-dealkylation sites (tertiary alicyclic amines) is 1. The van der Waals surface area contributed by atoms with Gasteiger partial charge in [0.25, 0.3) is 0 Å². The SMILES string of the molecule is CC1Oc2ccc(F)cc2COC12CCN(CCCC(c1cccc(F)c1)c1cccc(F)c1)CC2. The first-order valence-corrected chi connectivity index (χ1v) is 12.7. The van der Waals surface area contributed by atoms with E-state index >= 15 is 0 Å². The summed E-state index contributed by atoms with van der Waals surface area (Å²) in [5, 5.41) is 0. The van der Waals surface area contributed by atoms with E-state index in [1.165, 1.54) is 24.3 Å². The lowest BCUT2D eigenvalue weighted by Gasteiger charge is -2.43. The molecule has 0 radical (unpaired) electrons. The number of ether oxygens (including phenoxy) is 2. The predicted octanol–water partition coefficient (Wildman–Crippen LogP) is 6.85. The molecule has 3 aromatic carbocycles. The third-order valence-corrected chi connectivity index (χ3v) is 7.75. The van der Waals surface area contributed by atoms with Crippen LogP contribution in [0, 0.1) is 17.5 Å². The van der Waals surface area contributed by atoms with Crippen molar-refractivity contribution < 1.29 is 22.6 Å². The molecule has 0 saturated carbocycles. The van der Waals surface area contributed by atoms with Gasteiger partial charge in [0, 0.05) is 24.6 Å². The molecule has 2 aliphatic heterocycles. The Morgan fingerprint density at radius 2 is 1.53 bits per heavy atom. The van der Waals surface area contributed by atoms with Crippen LogP contribution in [0.15, 0.2) is 66.7 Å². The first kappa shape index (κ1) is 24.8. The molecule has 1 unspecified atom stereocenters. The lowest BCUT2D eigenvalue weighted by atomic mass is 9.85. The van der Waals surface area contributed by atoms with Gasteiger partial charge in [-0.1, -0.05) is 24.3 Å². The number of nitrogens with zero attached hydrogens (tertiary/aromatic N) is 1. The second kappa shape index (κ2) is 10.7. The highest BCUT2D eigenvalue weighted by molar-refractivity contribution is 5.35. The zero-order valence-electron chi connectivity index (χ0n) is 20.6. The van der Waals surface area contributed by atoms with Crippen molar-refractivity contribution in [2.24, 2.45) is 0 Å². The molecule has 0 aromatic heterocycles. The van der Waals surface area contributed by atoms with Crippen molar-refractivity contribution in [2.45, 2.75) is 56.8 Å². The minimum atomic E-state index is -0.391. The Hall–Kier alpha value is -2.83. The van der Waals surface area contributed by atoms with E-state index in [1.54, 1.807) is 30.3 Å². The van der Waals surface area contributed by atoms with Crippen molar-refractivity contribution in [1.82, 2.24) is 4.90 Å². The first-order valence-electron chi connectivity index (χ1n) is 12.7. The molecule has 1 fully saturated rings. The predicted molar refractivity (Wildman–Crippen MR) is 134 cm³/mol. The molecule has 1 saturated heterocycles. The third-order valence-electron chi connectivity index (χ3n) is 7.75. The smallest absolute Gasteiger partial charge is 0.125 e. The molecule has 5 rings (SSSR count). The summed E-state index contributed by atoms with van der Waals surface area (Å²) in [6.45, 7) is 5.04. The number of fused-ring (bicyclic) bond motifs is 1. The summed E-state index contributed by atoms with van der Waals surface area (Å²) in [5.74, 6) is -0.206. The van der Waals surface area contributed by atoms with Crippen LogP contribution in [-0.4, -0.2) is 36.2 Å². The molecule has 190 valence electrons. The average molecular weight is 496 g/mol. The molecule has 0 N–H and O–H groups in total. The standard InChI is InChI=1S/C30H32F3NO2/c1-21-30(35-20-24-19-27(33)10-11-29(24)36-21)12-15-34(16-13-30)14-4-9-28(22-5-2-7-25(31)17-22)23-6-3-8-26(32)18-23/h2-3,5-8,10-11,17-19,21,28H,4,9,12-16,20H2,1H3. The van der Waals surface area contributed by atoms with Crippen LogP contribution < -0.4 is 4.74 Å². The number of hydrogen-bond acceptors (Lipinski definition) is 3. The number of rotatable bonds is 6. The molecule has 2 aliphatic rings. The Morgan fingerprint density at radius 3 is 2.17 bits per heavy atom. The van der Waals surface area contributed by atoms with Gasteiger partial charge in [-0.2, -0.15) is 0 Å². The molecule has 0 bridgehead atoms. The fraction of sp³-hybridized carbons (Fsp3) is 0.400. The summed E-state index contributed by atoms with van der Waals surface area (Å²) in [6.07, 6.45) is 3.24. The monoisotopic (exact) mass is 495 g/mol. The first-order chi connectivity index (χ1) is 17.4. The topological polar surface area (TPSA) is 21.7 Å². The normalized spacial score (nSPS) is 19.6. The van der Waals surface area contributed by atoms with E-state index in [0.717, 1.165) is 62.0 Å². The van der Waals surface area contributed by atoms with Crippen molar-refractivity contribution in [3.05, 3.63) is 101 Å². The van der Waals surface area contributed by atoms with Crippen molar-refractivity contribution in [1.29, 1.82) is 0 Å². The molecular weight excluding hydrogens is 463 g/mol. The molecule has 6 heteroatoms. The minimum absolute atomic E-state index is 0.0648. The van der Waals surface area contributed by atoms with Crippen molar-refractivity contribution in [3.63, 3.8) is 0 Å². The number of halogens is 3. The summed E-state index contributed by atoms with van der Waals surface area (Å²) in [7, 11) is 0. The Labute approximate surface area is 210 Å². The zero-order chi connectivity index (χ0) is 25.1. The van der Waals surface area contributed by atoms with E-state index in [2.05, 4.69) is 4.90 Å². The maximum absolute atomic E-state index is 14.0. The van der Waals surface area contributed by atoms with Gasteiger partial charge in [0.15, 0.2) is 0 Å². The quantitative estimate of drug-likeness (QED) is 0.373. The van der Waals surface area contributed by atoms with Gasteiger partial charge in [0.2, 0.25) is 0 Å². The Kier molecular flexibility index (Phi) is 7.35. The van der Waals surface area contributed by atoms with Crippen LogP contribution in [0.1, 0.15) is 55.2 Å². The van der Waals surface area contributed by atoms with Gasteiger partial charge in [-0.25, -0.2) is 13.2 Å². The van der Waals surface area contributed by atoms with E-state index < -0.39 is 5.60 Å². The van der Waals surface area contributed by atoms with Gasteiger partial charge in [0.05, 0.1) is 6.61 Å². The molecular formula is C30H32F3NO2. The Bertz CT molecular complexity index is 1150. The fourth-order valence-electron chi connectivity index (χ4n) is 5.61. The molecule has 0 aliphatic carbocycles. The van der Waals surface area contributed by atoms with Gasteiger partial charge in [0.1, 0.15) is 34.9 Å². The van der Waals surface area contributed by atoms with E-state index in [-0.39, 0.29) is 29.5 Å². The van der Waals surface area contributed by atoms with Crippen molar-refractivity contribution in [3.8, 4) is 5.75 Å². The molecule has 3 nitrogen and oxygen atoms in total. The molecule has 36 heavy (non-hydrogen) atoms. The van der Waals surface area contributed by atoms with Crippen LogP contribution in [0.2, 0.25) is 0 Å². The second-order valence-electron chi connectivity index (χ2n) is 10.0. The maximum atomic E-state index is 14.0. The van der Waals surface area contributed by atoms with E-state index in [4.69, 9.17) is 9.47 Å². The van der Waals surface area contributed by atoms with Gasteiger partial charge in [-0.05, 0) is 92.7 Å². The van der Waals surface area contributed by atoms with Crippen LogP contribution in [0.3, 0.4) is 0 Å². The largest absolute Gasteiger partial charge is 0.487 e. The van der Waals surface area contributed by atoms with Crippen molar-refractivity contribution >= 4 is 0 Å². The van der Waals surface area contributed by atoms with Crippen LogP contribution in [0.4, 0.5) is 13.2 Å². The molecule has 0 amide bonds. The summed E-state index contributed by atoms with van der Waals surface area (Å²) >= 11 is 0. The maximum Gasteiger partial charge on any atom is 0.125 e. The highest BCUT2D eigenvalue weighted by Gasteiger charge is 2.43. The minimum Gasteiger partial charge on any atom is -0.487 e. The van der Waals surface area contributed by atoms with Gasteiger partial charge >= 0.3 is 0 Å². The third kappa shape index (κ3) is 5.45. The van der Waals surface area contributed by atoms with Gasteiger partial charge < -0.3 is 14.4 Å². The second-order valence-corrected chi connectivity index (χ2v) is 10.0. The molecule has 1 atom stereocenters. The summed E-state index contributed by atoms with van der Waals surface area (Å²) in [6, 6.07) is 17.8. The zero-order valence-corrected chi connectivity index (χ0v) is 20.6. The van der Waals surface area contributed by atoms with E-state index in [1.807, 2.05) is 19.1 Å². The highest BCUT2D eigenvalue weighted by Crippen LogP contribution is 2.38. The fourth-order valence-corrected chi connectivity index (χ4v) is 5.61. The van der Waals surface area contributed by atoms with Crippen LogP contribution in [-0.2, 0) is 11.3 Å². The van der Waals surface area contributed by atoms with Crippen LogP contribution >= 0.6 is 0 Å². The van der Waals surface area contributed by atoms with Gasteiger partial charge in [-0.3, -0.25) is 0 Å². The Balaban J connectivity index is 1.20. The van der Waals surface area contributed by atoms with Gasteiger partial charge in [-0.15, -0.1) is 0 Å². The lowest BCUT2D eigenvalue weighted by Crippen LogP contribution is -2.53. The average Bonchev–Trinajstić information content (AvgIpc) is 2.99. The lowest BCUT2D eigenvalue weighted by molar-refractivity contribution is -0.136. The summed E-state index contributed by atoms with van der Waals surface area (Å²) < 4.78 is 54.2. The number of piperidine rings is 1. The molecule has 1 spiro atoms. The highest BCUT2D eigenvalue weighted by atomic mass is 19.1. The number of benzene rings is 3. The molecule has 3 aromatic rings. The van der Waals surface area contributed by atoms with Crippen LogP contribution in [0.25, 0.3) is 0 Å². The van der Waals surface area contributed by atoms with Crippen molar-refractivity contribution in [2.75, 3.05) is 19.6 Å². The molecule has 2 heterocycles. The Morgan fingerprint density at radius 1 is 0.889 bits per heavy atom.